The van der Waals surface area contributed by atoms with Crippen molar-refractivity contribution in [2.75, 3.05) is 6.61 Å². The summed E-state index contributed by atoms with van der Waals surface area (Å²) < 4.78 is 5.58. The summed E-state index contributed by atoms with van der Waals surface area (Å²) >= 11 is 0. The van der Waals surface area contributed by atoms with Crippen molar-refractivity contribution < 1.29 is 4.74 Å². The molecule has 0 aromatic heterocycles. The van der Waals surface area contributed by atoms with Gasteiger partial charge in [-0.05, 0) is 18.9 Å². The molecule has 2 N–H and O–H groups in total. The summed E-state index contributed by atoms with van der Waals surface area (Å²) in [6.07, 6.45) is 1.11. The van der Waals surface area contributed by atoms with E-state index in [4.69, 9.17) is 10.5 Å². The molecule has 0 saturated heterocycles. The fourth-order valence-corrected chi connectivity index (χ4v) is 1.35. The first-order valence-electron chi connectivity index (χ1n) is 5.17. The van der Waals surface area contributed by atoms with Gasteiger partial charge in [-0.1, -0.05) is 37.3 Å². The molecule has 1 rings (SSSR count). The summed E-state index contributed by atoms with van der Waals surface area (Å²) in [5, 5.41) is 0. The van der Waals surface area contributed by atoms with E-state index in [1.807, 2.05) is 37.3 Å². The van der Waals surface area contributed by atoms with Crippen molar-refractivity contribution in [3.63, 3.8) is 0 Å². The highest BCUT2D eigenvalue weighted by Gasteiger charge is 2.14. The summed E-state index contributed by atoms with van der Waals surface area (Å²) in [6.45, 7) is 4.90. The number of ether oxygens (including phenoxy) is 1. The van der Waals surface area contributed by atoms with Crippen LogP contribution in [0.5, 0.6) is 0 Å². The molecule has 0 radical (unpaired) electrons. The molecular formula is C12H19NO. The number of benzene rings is 1. The van der Waals surface area contributed by atoms with Crippen LogP contribution in [0.25, 0.3) is 0 Å². The van der Waals surface area contributed by atoms with Crippen LogP contribution in [0.3, 0.4) is 0 Å². The van der Waals surface area contributed by atoms with Gasteiger partial charge in [-0.2, -0.15) is 0 Å². The van der Waals surface area contributed by atoms with Gasteiger partial charge in [0.2, 0.25) is 0 Å². The molecule has 14 heavy (non-hydrogen) atoms. The molecule has 1 aromatic carbocycles. The van der Waals surface area contributed by atoms with E-state index in [0.29, 0.717) is 0 Å². The van der Waals surface area contributed by atoms with Crippen LogP contribution in [0.2, 0.25) is 0 Å². The van der Waals surface area contributed by atoms with E-state index >= 15 is 0 Å². The molecule has 0 bridgehead atoms. The van der Waals surface area contributed by atoms with Gasteiger partial charge in [0.05, 0.1) is 12.1 Å². The number of nitrogens with two attached hydrogens (primary N) is 1. The summed E-state index contributed by atoms with van der Waals surface area (Å²) in [5.74, 6) is 0. The average molecular weight is 193 g/mol. The Labute approximate surface area is 86.1 Å². The Bertz CT molecular complexity index is 248. The quantitative estimate of drug-likeness (QED) is 0.779. The van der Waals surface area contributed by atoms with Crippen LogP contribution in [0, 0.1) is 0 Å². The first-order valence-corrected chi connectivity index (χ1v) is 5.17. The summed E-state index contributed by atoms with van der Waals surface area (Å²) in [5.41, 5.74) is 7.19. The average Bonchev–Trinajstić information content (AvgIpc) is 2.26. The fourth-order valence-electron chi connectivity index (χ4n) is 1.35. The van der Waals surface area contributed by atoms with Crippen molar-refractivity contribution in [1.29, 1.82) is 0 Å². The van der Waals surface area contributed by atoms with Crippen LogP contribution in [0.15, 0.2) is 30.3 Å². The van der Waals surface area contributed by atoms with Gasteiger partial charge in [0.25, 0.3) is 0 Å². The van der Waals surface area contributed by atoms with Gasteiger partial charge in [-0.3, -0.25) is 0 Å². The largest absolute Gasteiger partial charge is 0.377 e. The normalized spacial score (nSPS) is 15.1. The van der Waals surface area contributed by atoms with Crippen molar-refractivity contribution in [2.24, 2.45) is 5.73 Å². The molecule has 2 nitrogen and oxygen atoms in total. The highest BCUT2D eigenvalue weighted by Crippen LogP contribution is 2.15. The van der Waals surface area contributed by atoms with Gasteiger partial charge >= 0.3 is 0 Å². The minimum absolute atomic E-state index is 0.0252. The van der Waals surface area contributed by atoms with Crippen LogP contribution >= 0.6 is 0 Å². The summed E-state index contributed by atoms with van der Waals surface area (Å²) in [7, 11) is 0. The Kier molecular flexibility index (Phi) is 4.63. The minimum atomic E-state index is -0.0252. The van der Waals surface area contributed by atoms with Crippen LogP contribution in [-0.2, 0) is 4.74 Å². The van der Waals surface area contributed by atoms with Gasteiger partial charge in [-0.25, -0.2) is 0 Å². The van der Waals surface area contributed by atoms with E-state index in [1.54, 1.807) is 0 Å². The Morgan fingerprint density at radius 3 is 2.50 bits per heavy atom. The van der Waals surface area contributed by atoms with Crippen molar-refractivity contribution in [3.8, 4) is 0 Å². The lowest BCUT2D eigenvalue weighted by Gasteiger charge is -2.20. The van der Waals surface area contributed by atoms with E-state index in [-0.39, 0.29) is 12.1 Å². The minimum Gasteiger partial charge on any atom is -0.377 e. The third kappa shape index (κ3) is 3.13. The zero-order valence-corrected chi connectivity index (χ0v) is 8.94. The maximum atomic E-state index is 6.05. The highest BCUT2D eigenvalue weighted by molar-refractivity contribution is 5.19. The molecular weight excluding hydrogens is 174 g/mol. The third-order valence-electron chi connectivity index (χ3n) is 2.28. The smallest absolute Gasteiger partial charge is 0.0739 e. The Hall–Kier alpha value is -0.860. The van der Waals surface area contributed by atoms with Gasteiger partial charge < -0.3 is 10.5 Å². The molecule has 0 aliphatic carbocycles. The van der Waals surface area contributed by atoms with E-state index in [2.05, 4.69) is 6.92 Å². The molecule has 0 aliphatic heterocycles. The topological polar surface area (TPSA) is 35.2 Å². The summed E-state index contributed by atoms with van der Waals surface area (Å²) in [4.78, 5) is 0. The first kappa shape index (κ1) is 11.2. The van der Waals surface area contributed by atoms with Gasteiger partial charge in [0.1, 0.15) is 0 Å². The van der Waals surface area contributed by atoms with Crippen molar-refractivity contribution >= 4 is 0 Å². The zero-order chi connectivity index (χ0) is 10.4. The Balaban J connectivity index is 2.52. The van der Waals surface area contributed by atoms with E-state index in [0.717, 1.165) is 18.6 Å². The monoisotopic (exact) mass is 193 g/mol. The lowest BCUT2D eigenvalue weighted by atomic mass is 10.0. The molecule has 78 valence electrons. The second-order valence-corrected chi connectivity index (χ2v) is 3.51. The molecule has 2 heteroatoms. The van der Waals surface area contributed by atoms with Crippen LogP contribution in [-0.4, -0.2) is 12.7 Å². The van der Waals surface area contributed by atoms with Crippen molar-refractivity contribution in [2.45, 2.75) is 32.4 Å². The van der Waals surface area contributed by atoms with E-state index in [9.17, 15) is 0 Å². The van der Waals surface area contributed by atoms with E-state index < -0.39 is 0 Å². The fraction of sp³-hybridized carbons (Fsp3) is 0.500. The molecule has 0 spiro atoms. The van der Waals surface area contributed by atoms with Gasteiger partial charge in [0.15, 0.2) is 0 Å². The van der Waals surface area contributed by atoms with E-state index in [1.165, 1.54) is 0 Å². The number of hydrogen-bond acceptors (Lipinski definition) is 2. The lowest BCUT2D eigenvalue weighted by Crippen LogP contribution is -2.26. The maximum Gasteiger partial charge on any atom is 0.0739 e. The second kappa shape index (κ2) is 5.78. The third-order valence-corrected chi connectivity index (χ3v) is 2.28. The molecule has 2 atom stereocenters. The SMILES string of the molecule is CCCO[C@H](C)[C@@H](N)c1ccccc1. The standard InChI is InChI=1S/C12H19NO/c1-3-9-14-10(2)12(13)11-7-5-4-6-8-11/h4-8,10,12H,3,9,13H2,1-2H3/t10-,12-/m1/s1. The molecule has 0 fully saturated rings. The first-order chi connectivity index (χ1) is 6.75. The molecule has 0 heterocycles. The predicted octanol–water partition coefficient (Wildman–Crippen LogP) is 2.50. The van der Waals surface area contributed by atoms with Gasteiger partial charge in [-0.15, -0.1) is 0 Å². The van der Waals surface area contributed by atoms with Crippen molar-refractivity contribution in [1.82, 2.24) is 0 Å². The zero-order valence-electron chi connectivity index (χ0n) is 8.94. The molecule has 0 unspecified atom stereocenters. The summed E-state index contributed by atoms with van der Waals surface area (Å²) in [6, 6.07) is 10.0. The maximum absolute atomic E-state index is 6.05. The Morgan fingerprint density at radius 1 is 1.29 bits per heavy atom. The molecule has 0 aliphatic rings. The predicted molar refractivity (Wildman–Crippen MR) is 59.1 cm³/mol. The van der Waals surface area contributed by atoms with Crippen LogP contribution in [0.4, 0.5) is 0 Å². The lowest BCUT2D eigenvalue weighted by molar-refractivity contribution is 0.0485. The number of rotatable bonds is 5. The molecule has 0 amide bonds. The molecule has 1 aromatic rings. The van der Waals surface area contributed by atoms with Gasteiger partial charge in [0, 0.05) is 6.61 Å². The van der Waals surface area contributed by atoms with Crippen LogP contribution in [0.1, 0.15) is 31.9 Å². The highest BCUT2D eigenvalue weighted by atomic mass is 16.5. The Morgan fingerprint density at radius 2 is 1.93 bits per heavy atom. The number of hydrogen-bond donors (Lipinski definition) is 1. The van der Waals surface area contributed by atoms with Crippen LogP contribution < -0.4 is 5.73 Å². The van der Waals surface area contributed by atoms with Crippen molar-refractivity contribution in [3.05, 3.63) is 35.9 Å². The molecule has 0 saturated carbocycles. The second-order valence-electron chi connectivity index (χ2n) is 3.51.